The van der Waals surface area contributed by atoms with Crippen LogP contribution >= 0.6 is 0 Å². The average molecular weight is 462 g/mol. The minimum absolute atomic E-state index is 0.0785. The smallest absolute Gasteiger partial charge is 0.325 e. The highest BCUT2D eigenvalue weighted by Crippen LogP contribution is 2.32. The first kappa shape index (κ1) is 23.5. The molecule has 0 atom stereocenters. The van der Waals surface area contributed by atoms with Crippen LogP contribution in [-0.2, 0) is 17.8 Å². The number of fused-ring (bicyclic) bond motifs is 1. The number of nitrogens with one attached hydrogen (secondary N) is 1. The van der Waals surface area contributed by atoms with E-state index in [-0.39, 0.29) is 24.4 Å². The molecule has 0 bridgehead atoms. The van der Waals surface area contributed by atoms with Gasteiger partial charge in [0.1, 0.15) is 0 Å². The van der Waals surface area contributed by atoms with Gasteiger partial charge >= 0.3 is 11.4 Å². The van der Waals surface area contributed by atoms with Crippen molar-refractivity contribution < 1.29 is 4.79 Å². The molecule has 0 aliphatic carbocycles. The molecular weight excluding hydrogens is 430 g/mol. The van der Waals surface area contributed by atoms with Crippen LogP contribution in [0.2, 0.25) is 0 Å². The molecule has 1 aromatic heterocycles. The highest BCUT2D eigenvalue weighted by Gasteiger charge is 2.28. The zero-order chi connectivity index (χ0) is 24.6. The molecule has 1 amide bonds. The lowest BCUT2D eigenvalue weighted by Crippen LogP contribution is -2.43. The molecule has 0 spiro atoms. The van der Waals surface area contributed by atoms with Gasteiger partial charge in [-0.05, 0) is 56.0 Å². The monoisotopic (exact) mass is 461 g/mol. The van der Waals surface area contributed by atoms with Crippen LogP contribution in [0.4, 0.5) is 17.3 Å². The van der Waals surface area contributed by atoms with E-state index in [1.54, 1.807) is 13.8 Å². The van der Waals surface area contributed by atoms with E-state index in [4.69, 9.17) is 0 Å². The van der Waals surface area contributed by atoms with Crippen LogP contribution in [0.25, 0.3) is 0 Å². The normalized spacial score (nSPS) is 13.1. The molecule has 178 valence electrons. The van der Waals surface area contributed by atoms with Crippen molar-refractivity contribution in [2.24, 2.45) is 5.92 Å². The van der Waals surface area contributed by atoms with Gasteiger partial charge in [-0.25, -0.2) is 14.2 Å². The van der Waals surface area contributed by atoms with Crippen LogP contribution in [0, 0.1) is 12.8 Å². The summed E-state index contributed by atoms with van der Waals surface area (Å²) in [5, 5.41) is 3.16. The molecule has 1 aliphatic rings. The van der Waals surface area contributed by atoms with Crippen LogP contribution in [0.15, 0.2) is 52.1 Å². The van der Waals surface area contributed by atoms with Gasteiger partial charge in [0.25, 0.3) is 0 Å². The predicted octanol–water partition coefficient (Wildman–Crippen LogP) is 3.63. The summed E-state index contributed by atoms with van der Waals surface area (Å²) in [6, 6.07) is 13.2. The van der Waals surface area contributed by atoms with Crippen LogP contribution in [0.5, 0.6) is 0 Å². The van der Waals surface area contributed by atoms with Crippen molar-refractivity contribution in [2.45, 2.75) is 53.6 Å². The van der Waals surface area contributed by atoms with Gasteiger partial charge in [-0.3, -0.25) is 9.36 Å². The maximum atomic E-state index is 13.3. The number of hydrogen-bond acceptors (Lipinski definition) is 5. The number of aromatic nitrogens is 3. The third kappa shape index (κ3) is 4.66. The summed E-state index contributed by atoms with van der Waals surface area (Å²) in [5.74, 6) is 0.617. The minimum Gasteiger partial charge on any atom is -0.325 e. The summed E-state index contributed by atoms with van der Waals surface area (Å²) in [7, 11) is 0. The average Bonchev–Trinajstić information content (AvgIpc) is 3.05. The molecule has 0 saturated heterocycles. The number of aryl methyl sites for hydroxylation is 1. The van der Waals surface area contributed by atoms with Crippen molar-refractivity contribution >= 4 is 23.2 Å². The Morgan fingerprint density at radius 3 is 2.35 bits per heavy atom. The van der Waals surface area contributed by atoms with Crippen LogP contribution in [0.1, 0.15) is 50.4 Å². The molecular formula is C26H31N5O3. The standard InChI is InChI=1S/C26H31N5O3/c1-16(2)14-29-22-11-10-21(12-20(22)13-23(29)32)27-24-28-25(33)31(17(3)4)26(34)30(24)15-19-8-6-18(5)7-9-19/h6-12,16-17H,13-15H2,1-5H3,(H,27,28,33). The molecule has 4 rings (SSSR count). The minimum atomic E-state index is -0.595. The lowest BCUT2D eigenvalue weighted by Gasteiger charge is -2.20. The molecule has 1 N–H and O–H groups in total. The molecule has 8 heteroatoms. The lowest BCUT2D eigenvalue weighted by molar-refractivity contribution is -0.117. The molecule has 3 aromatic rings. The van der Waals surface area contributed by atoms with Crippen LogP contribution in [0.3, 0.4) is 0 Å². The van der Waals surface area contributed by atoms with Crippen LogP contribution in [-0.4, -0.2) is 26.6 Å². The highest BCUT2D eigenvalue weighted by molar-refractivity contribution is 6.01. The van der Waals surface area contributed by atoms with Gasteiger partial charge in [-0.2, -0.15) is 4.98 Å². The molecule has 1 aliphatic heterocycles. The first-order valence-electron chi connectivity index (χ1n) is 11.6. The second-order valence-corrected chi connectivity index (χ2v) is 9.58. The Balaban J connectivity index is 1.73. The van der Waals surface area contributed by atoms with E-state index in [0.717, 1.165) is 26.9 Å². The van der Waals surface area contributed by atoms with Gasteiger partial charge < -0.3 is 10.2 Å². The van der Waals surface area contributed by atoms with Gasteiger partial charge in [0, 0.05) is 24.0 Å². The summed E-state index contributed by atoms with van der Waals surface area (Å²) in [6.07, 6.45) is 0.329. The lowest BCUT2D eigenvalue weighted by atomic mass is 10.1. The molecule has 0 fully saturated rings. The summed E-state index contributed by atoms with van der Waals surface area (Å²) >= 11 is 0. The molecule has 8 nitrogen and oxygen atoms in total. The molecule has 2 heterocycles. The molecule has 34 heavy (non-hydrogen) atoms. The van der Waals surface area contributed by atoms with Gasteiger partial charge in [-0.15, -0.1) is 0 Å². The molecule has 2 aromatic carbocycles. The second-order valence-electron chi connectivity index (χ2n) is 9.58. The number of rotatable bonds is 7. The Morgan fingerprint density at radius 2 is 1.71 bits per heavy atom. The van der Waals surface area contributed by atoms with Gasteiger partial charge in [0.2, 0.25) is 11.9 Å². The predicted molar refractivity (Wildman–Crippen MR) is 134 cm³/mol. The number of anilines is 3. The fourth-order valence-electron chi connectivity index (χ4n) is 4.22. The van der Waals surface area contributed by atoms with E-state index in [1.165, 1.54) is 4.57 Å². The number of carbonyl (C=O) groups is 1. The van der Waals surface area contributed by atoms with Crippen molar-refractivity contribution in [3.05, 3.63) is 80.1 Å². The maximum Gasteiger partial charge on any atom is 0.355 e. The number of benzene rings is 2. The first-order chi connectivity index (χ1) is 16.1. The Labute approximate surface area is 198 Å². The van der Waals surface area contributed by atoms with Gasteiger partial charge in [-0.1, -0.05) is 43.7 Å². The van der Waals surface area contributed by atoms with E-state index in [2.05, 4.69) is 24.1 Å². The quantitative estimate of drug-likeness (QED) is 0.580. The number of carbonyl (C=O) groups excluding carboxylic acids is 1. The second kappa shape index (κ2) is 9.29. The fourth-order valence-corrected chi connectivity index (χ4v) is 4.22. The third-order valence-electron chi connectivity index (χ3n) is 5.89. The van der Waals surface area contributed by atoms with E-state index < -0.39 is 11.4 Å². The van der Waals surface area contributed by atoms with Crippen molar-refractivity contribution in [1.29, 1.82) is 0 Å². The Bertz CT molecular complexity index is 1340. The summed E-state index contributed by atoms with van der Waals surface area (Å²) in [5.41, 5.74) is 3.53. The van der Waals surface area contributed by atoms with Crippen molar-refractivity contribution in [2.75, 3.05) is 16.8 Å². The van der Waals surface area contributed by atoms with E-state index in [9.17, 15) is 14.4 Å². The number of hydrogen-bond donors (Lipinski definition) is 1. The third-order valence-corrected chi connectivity index (χ3v) is 5.89. The van der Waals surface area contributed by atoms with Crippen molar-refractivity contribution in [1.82, 2.24) is 14.1 Å². The van der Waals surface area contributed by atoms with E-state index in [0.29, 0.717) is 24.6 Å². The summed E-state index contributed by atoms with van der Waals surface area (Å²) in [4.78, 5) is 44.5. The molecule has 0 unspecified atom stereocenters. The van der Waals surface area contributed by atoms with E-state index in [1.807, 2.05) is 54.3 Å². The Kier molecular flexibility index (Phi) is 6.41. The zero-order valence-electron chi connectivity index (χ0n) is 20.3. The molecule has 0 saturated carbocycles. The fraction of sp³-hybridized carbons (Fsp3) is 0.385. The summed E-state index contributed by atoms with van der Waals surface area (Å²) in [6.45, 7) is 10.7. The molecule has 0 radical (unpaired) electrons. The number of nitrogens with zero attached hydrogens (tertiary/aromatic N) is 4. The van der Waals surface area contributed by atoms with Crippen molar-refractivity contribution in [3.63, 3.8) is 0 Å². The van der Waals surface area contributed by atoms with Gasteiger partial charge in [0.05, 0.1) is 13.0 Å². The SMILES string of the molecule is Cc1ccc(Cn2c(Nc3ccc4c(c3)CC(=O)N4CC(C)C)nc(=O)n(C(C)C)c2=O)cc1. The maximum absolute atomic E-state index is 13.3. The van der Waals surface area contributed by atoms with Gasteiger partial charge in [0.15, 0.2) is 0 Å². The topological polar surface area (TPSA) is 89.2 Å². The highest BCUT2D eigenvalue weighted by atomic mass is 16.2. The van der Waals surface area contributed by atoms with E-state index >= 15 is 0 Å². The Morgan fingerprint density at radius 1 is 1.00 bits per heavy atom. The Hall–Kier alpha value is -3.68. The van der Waals surface area contributed by atoms with Crippen molar-refractivity contribution in [3.8, 4) is 0 Å². The zero-order valence-corrected chi connectivity index (χ0v) is 20.3. The summed E-state index contributed by atoms with van der Waals surface area (Å²) < 4.78 is 2.64. The number of amides is 1. The van der Waals surface area contributed by atoms with Crippen LogP contribution < -0.4 is 21.6 Å². The largest absolute Gasteiger partial charge is 0.355 e. The first-order valence-corrected chi connectivity index (χ1v) is 11.6.